The first-order valence-corrected chi connectivity index (χ1v) is 6.17. The molecule has 0 atom stereocenters. The van der Waals surface area contributed by atoms with Crippen molar-refractivity contribution >= 4 is 18.2 Å². The van der Waals surface area contributed by atoms with Gasteiger partial charge in [0.25, 0.3) is 0 Å². The minimum absolute atomic E-state index is 1.16. The van der Waals surface area contributed by atoms with Crippen LogP contribution in [-0.2, 0) is 0 Å². The van der Waals surface area contributed by atoms with Crippen molar-refractivity contribution in [2.45, 2.75) is 13.8 Å². The van der Waals surface area contributed by atoms with Crippen LogP contribution in [0.4, 0.5) is 0 Å². The maximum atomic E-state index is 3.81. The van der Waals surface area contributed by atoms with E-state index in [0.29, 0.717) is 0 Å². The zero-order chi connectivity index (χ0) is 13.0. The topological polar surface area (TPSA) is 0 Å². The van der Waals surface area contributed by atoms with Gasteiger partial charge in [0.2, 0.25) is 0 Å². The minimum Gasteiger partial charge on any atom is -0.0985 e. The summed E-state index contributed by atoms with van der Waals surface area (Å²) >= 11 is 0. The molecule has 0 nitrogen and oxygen atoms in total. The van der Waals surface area contributed by atoms with Gasteiger partial charge in [-0.15, -0.1) is 0 Å². The van der Waals surface area contributed by atoms with Gasteiger partial charge in [-0.05, 0) is 42.2 Å². The Balaban J connectivity index is 2.27. The molecule has 0 N–H and O–H groups in total. The van der Waals surface area contributed by atoms with Crippen LogP contribution in [0.3, 0.4) is 0 Å². The molecule has 0 unspecified atom stereocenters. The van der Waals surface area contributed by atoms with E-state index in [1.807, 2.05) is 6.08 Å². The Morgan fingerprint density at radius 2 is 1.50 bits per heavy atom. The Morgan fingerprint density at radius 3 is 2.17 bits per heavy atom. The van der Waals surface area contributed by atoms with Crippen molar-refractivity contribution in [1.29, 1.82) is 0 Å². The number of hydrogen-bond acceptors (Lipinski definition) is 0. The predicted octanol–water partition coefficient (Wildman–Crippen LogP) is 5.12. The Bertz CT molecular complexity index is 571. The number of benzene rings is 2. The third-order valence-corrected chi connectivity index (χ3v) is 3.07. The largest absolute Gasteiger partial charge is 0.0985 e. The lowest BCUT2D eigenvalue weighted by Crippen LogP contribution is -1.82. The van der Waals surface area contributed by atoms with Crippen molar-refractivity contribution in [2.24, 2.45) is 0 Å². The molecule has 0 amide bonds. The van der Waals surface area contributed by atoms with E-state index in [4.69, 9.17) is 0 Å². The molecule has 0 saturated carbocycles. The van der Waals surface area contributed by atoms with Crippen LogP contribution >= 0.6 is 0 Å². The first-order chi connectivity index (χ1) is 8.69. The van der Waals surface area contributed by atoms with Crippen LogP contribution in [0.15, 0.2) is 49.0 Å². The van der Waals surface area contributed by atoms with Crippen molar-refractivity contribution in [3.05, 3.63) is 76.9 Å². The fourth-order valence-electron chi connectivity index (χ4n) is 1.83. The standard InChI is InChI=1S/C18H18/c1-4-16-10-7-15(3)18(13-16)12-11-17-8-5-14(2)6-9-17/h4-13H,1H2,2-3H3. The van der Waals surface area contributed by atoms with Gasteiger partial charge in [-0.25, -0.2) is 0 Å². The second-order valence-corrected chi connectivity index (χ2v) is 4.56. The number of rotatable bonds is 3. The summed E-state index contributed by atoms with van der Waals surface area (Å²) in [5.74, 6) is 0. The lowest BCUT2D eigenvalue weighted by Gasteiger charge is -2.02. The number of hydrogen-bond donors (Lipinski definition) is 0. The van der Waals surface area contributed by atoms with Gasteiger partial charge in [-0.3, -0.25) is 0 Å². The van der Waals surface area contributed by atoms with Crippen molar-refractivity contribution in [3.8, 4) is 0 Å². The van der Waals surface area contributed by atoms with E-state index in [1.54, 1.807) is 0 Å². The lowest BCUT2D eigenvalue weighted by atomic mass is 10.0. The normalized spacial score (nSPS) is 10.8. The molecular weight excluding hydrogens is 216 g/mol. The predicted molar refractivity (Wildman–Crippen MR) is 81.4 cm³/mol. The Labute approximate surface area is 109 Å². The van der Waals surface area contributed by atoms with Crippen molar-refractivity contribution in [3.63, 3.8) is 0 Å². The molecule has 2 rings (SSSR count). The van der Waals surface area contributed by atoms with E-state index in [0.717, 1.165) is 5.56 Å². The second kappa shape index (κ2) is 5.50. The minimum atomic E-state index is 1.16. The quantitative estimate of drug-likeness (QED) is 0.647. The molecule has 0 spiro atoms. The third-order valence-electron chi connectivity index (χ3n) is 3.07. The Kier molecular flexibility index (Phi) is 3.78. The molecule has 0 bridgehead atoms. The molecule has 2 aromatic rings. The first-order valence-electron chi connectivity index (χ1n) is 6.17. The molecule has 0 radical (unpaired) electrons. The average molecular weight is 234 g/mol. The van der Waals surface area contributed by atoms with Gasteiger partial charge in [0.15, 0.2) is 0 Å². The maximum Gasteiger partial charge on any atom is -0.0221 e. The highest BCUT2D eigenvalue weighted by Crippen LogP contribution is 2.16. The monoisotopic (exact) mass is 234 g/mol. The molecule has 0 aromatic heterocycles. The van der Waals surface area contributed by atoms with E-state index in [9.17, 15) is 0 Å². The Morgan fingerprint density at radius 1 is 0.833 bits per heavy atom. The summed E-state index contributed by atoms with van der Waals surface area (Å²) in [4.78, 5) is 0. The first kappa shape index (κ1) is 12.4. The van der Waals surface area contributed by atoms with Crippen LogP contribution in [0, 0.1) is 13.8 Å². The van der Waals surface area contributed by atoms with Crippen molar-refractivity contribution in [2.75, 3.05) is 0 Å². The van der Waals surface area contributed by atoms with Crippen molar-refractivity contribution in [1.82, 2.24) is 0 Å². The summed E-state index contributed by atoms with van der Waals surface area (Å²) in [6.45, 7) is 8.03. The van der Waals surface area contributed by atoms with Gasteiger partial charge in [0.1, 0.15) is 0 Å². The molecule has 0 fully saturated rings. The van der Waals surface area contributed by atoms with Gasteiger partial charge < -0.3 is 0 Å². The van der Waals surface area contributed by atoms with E-state index in [1.165, 1.54) is 22.3 Å². The van der Waals surface area contributed by atoms with Crippen LogP contribution in [0.1, 0.15) is 27.8 Å². The van der Waals surface area contributed by atoms with Gasteiger partial charge in [0.05, 0.1) is 0 Å². The van der Waals surface area contributed by atoms with Crippen LogP contribution in [-0.4, -0.2) is 0 Å². The smallest absolute Gasteiger partial charge is 0.0221 e. The summed E-state index contributed by atoms with van der Waals surface area (Å²) in [5, 5.41) is 0. The van der Waals surface area contributed by atoms with Gasteiger partial charge in [-0.2, -0.15) is 0 Å². The van der Waals surface area contributed by atoms with Gasteiger partial charge in [0, 0.05) is 0 Å². The second-order valence-electron chi connectivity index (χ2n) is 4.56. The molecule has 90 valence electrons. The summed E-state index contributed by atoms with van der Waals surface area (Å²) < 4.78 is 0. The highest BCUT2D eigenvalue weighted by Gasteiger charge is 1.95. The van der Waals surface area contributed by atoms with Crippen LogP contribution < -0.4 is 0 Å². The van der Waals surface area contributed by atoms with Crippen LogP contribution in [0.2, 0.25) is 0 Å². The van der Waals surface area contributed by atoms with E-state index in [-0.39, 0.29) is 0 Å². The van der Waals surface area contributed by atoms with Gasteiger partial charge >= 0.3 is 0 Å². The zero-order valence-corrected chi connectivity index (χ0v) is 11.0. The molecule has 0 aliphatic carbocycles. The van der Waals surface area contributed by atoms with E-state index >= 15 is 0 Å². The summed E-state index contributed by atoms with van der Waals surface area (Å²) in [6.07, 6.45) is 6.18. The molecular formula is C18H18. The summed E-state index contributed by atoms with van der Waals surface area (Å²) in [6, 6.07) is 14.9. The molecule has 0 aliphatic rings. The van der Waals surface area contributed by atoms with E-state index in [2.05, 4.69) is 75.0 Å². The highest BCUT2D eigenvalue weighted by molar-refractivity contribution is 5.72. The van der Waals surface area contributed by atoms with Crippen LogP contribution in [0.25, 0.3) is 18.2 Å². The van der Waals surface area contributed by atoms with Crippen molar-refractivity contribution < 1.29 is 0 Å². The third kappa shape index (κ3) is 2.98. The molecule has 0 heteroatoms. The zero-order valence-electron chi connectivity index (χ0n) is 11.0. The average Bonchev–Trinajstić information content (AvgIpc) is 2.40. The fourth-order valence-corrected chi connectivity index (χ4v) is 1.83. The molecule has 18 heavy (non-hydrogen) atoms. The van der Waals surface area contributed by atoms with E-state index < -0.39 is 0 Å². The fraction of sp³-hybridized carbons (Fsp3) is 0.111. The lowest BCUT2D eigenvalue weighted by molar-refractivity contribution is 1.43. The molecule has 0 heterocycles. The molecule has 0 saturated heterocycles. The van der Waals surface area contributed by atoms with Gasteiger partial charge in [-0.1, -0.05) is 66.8 Å². The molecule has 0 aliphatic heterocycles. The number of aryl methyl sites for hydroxylation is 2. The highest BCUT2D eigenvalue weighted by atomic mass is 14.0. The maximum absolute atomic E-state index is 3.81. The summed E-state index contributed by atoms with van der Waals surface area (Å²) in [5.41, 5.74) is 6.20. The molecule has 2 aromatic carbocycles. The van der Waals surface area contributed by atoms with Crippen LogP contribution in [0.5, 0.6) is 0 Å². The Hall–Kier alpha value is -2.08. The summed E-state index contributed by atoms with van der Waals surface area (Å²) in [7, 11) is 0. The SMILES string of the molecule is C=Cc1ccc(C)c(C=Cc2ccc(C)cc2)c1.